The molecule has 0 bridgehead atoms. The molecule has 31 heavy (non-hydrogen) atoms. The largest absolute Gasteiger partial charge is 0.384 e. The van der Waals surface area contributed by atoms with Crippen molar-refractivity contribution >= 4 is 46.4 Å². The highest BCUT2D eigenvalue weighted by Gasteiger charge is 2.22. The molecule has 0 unspecified atom stereocenters. The van der Waals surface area contributed by atoms with Gasteiger partial charge >= 0.3 is 5.69 Å². The van der Waals surface area contributed by atoms with Crippen LogP contribution in [-0.2, 0) is 11.3 Å². The molecule has 168 valence electrons. The van der Waals surface area contributed by atoms with E-state index in [9.17, 15) is 19.2 Å². The first-order valence-electron chi connectivity index (χ1n) is 9.80. The van der Waals surface area contributed by atoms with E-state index >= 15 is 0 Å². The van der Waals surface area contributed by atoms with Gasteiger partial charge in [0.15, 0.2) is 5.78 Å². The zero-order chi connectivity index (χ0) is 23.1. The second-order valence-electron chi connectivity index (χ2n) is 6.98. The van der Waals surface area contributed by atoms with Crippen molar-refractivity contribution in [2.45, 2.75) is 33.2 Å². The SMILES string of the molecule is CCCN(CC(=O)Nc1ccc(Cl)cc1Cl)CC(=O)c1c(N)n(CCC)c(=O)[nH]c1=O. The molecule has 0 aliphatic carbocycles. The van der Waals surface area contributed by atoms with Crippen molar-refractivity contribution in [1.29, 1.82) is 0 Å². The second kappa shape index (κ2) is 11.1. The summed E-state index contributed by atoms with van der Waals surface area (Å²) in [6.45, 7) is 4.11. The summed E-state index contributed by atoms with van der Waals surface area (Å²) in [6.07, 6.45) is 1.27. The van der Waals surface area contributed by atoms with Gasteiger partial charge in [-0.2, -0.15) is 0 Å². The molecule has 9 nitrogen and oxygen atoms in total. The maximum Gasteiger partial charge on any atom is 0.329 e. The molecular formula is C20H25Cl2N5O4. The number of benzene rings is 1. The topological polar surface area (TPSA) is 130 Å². The fourth-order valence-electron chi connectivity index (χ4n) is 3.10. The monoisotopic (exact) mass is 469 g/mol. The summed E-state index contributed by atoms with van der Waals surface area (Å²) in [6, 6.07) is 4.68. The van der Waals surface area contributed by atoms with Crippen LogP contribution in [0.15, 0.2) is 27.8 Å². The number of rotatable bonds is 10. The van der Waals surface area contributed by atoms with Gasteiger partial charge in [-0.3, -0.25) is 28.8 Å². The third-order valence-corrected chi connectivity index (χ3v) is 4.99. The minimum Gasteiger partial charge on any atom is -0.384 e. The van der Waals surface area contributed by atoms with Crippen LogP contribution in [-0.4, -0.2) is 45.8 Å². The van der Waals surface area contributed by atoms with Crippen molar-refractivity contribution in [2.24, 2.45) is 0 Å². The van der Waals surface area contributed by atoms with Crippen molar-refractivity contribution in [3.63, 3.8) is 0 Å². The average Bonchev–Trinajstić information content (AvgIpc) is 2.67. The Morgan fingerprint density at radius 1 is 1.16 bits per heavy atom. The van der Waals surface area contributed by atoms with Gasteiger partial charge in [-0.25, -0.2) is 4.79 Å². The maximum atomic E-state index is 12.8. The lowest BCUT2D eigenvalue weighted by atomic mass is 10.1. The summed E-state index contributed by atoms with van der Waals surface area (Å²) in [4.78, 5) is 53.2. The van der Waals surface area contributed by atoms with Crippen molar-refractivity contribution in [3.8, 4) is 0 Å². The molecule has 2 aromatic rings. The van der Waals surface area contributed by atoms with E-state index in [0.717, 1.165) is 4.57 Å². The molecule has 1 amide bonds. The summed E-state index contributed by atoms with van der Waals surface area (Å²) in [5, 5.41) is 3.40. The van der Waals surface area contributed by atoms with Crippen molar-refractivity contribution in [3.05, 3.63) is 54.6 Å². The predicted octanol–water partition coefficient (Wildman–Crippen LogP) is 2.37. The normalized spacial score (nSPS) is 11.0. The van der Waals surface area contributed by atoms with Crippen molar-refractivity contribution in [1.82, 2.24) is 14.5 Å². The lowest BCUT2D eigenvalue weighted by Crippen LogP contribution is -2.41. The predicted molar refractivity (Wildman–Crippen MR) is 122 cm³/mol. The number of hydrogen-bond donors (Lipinski definition) is 3. The minimum absolute atomic E-state index is 0.106. The van der Waals surface area contributed by atoms with E-state index < -0.39 is 17.0 Å². The molecule has 0 spiro atoms. The summed E-state index contributed by atoms with van der Waals surface area (Å²) in [5.74, 6) is -1.13. The quantitative estimate of drug-likeness (QED) is 0.457. The van der Waals surface area contributed by atoms with Gasteiger partial charge in [0.2, 0.25) is 5.91 Å². The van der Waals surface area contributed by atoms with Gasteiger partial charge in [0.1, 0.15) is 11.4 Å². The van der Waals surface area contributed by atoms with Crippen LogP contribution in [0.4, 0.5) is 11.5 Å². The first kappa shape index (κ1) is 24.6. The highest BCUT2D eigenvalue weighted by atomic mass is 35.5. The number of carbonyl (C=O) groups excluding carboxylic acids is 2. The summed E-state index contributed by atoms with van der Waals surface area (Å²) < 4.78 is 1.16. The molecule has 4 N–H and O–H groups in total. The van der Waals surface area contributed by atoms with Gasteiger partial charge < -0.3 is 11.1 Å². The lowest BCUT2D eigenvalue weighted by Gasteiger charge is -2.21. The summed E-state index contributed by atoms with van der Waals surface area (Å²) >= 11 is 11.9. The molecule has 0 atom stereocenters. The van der Waals surface area contributed by atoms with E-state index in [-0.39, 0.29) is 41.9 Å². The van der Waals surface area contributed by atoms with Gasteiger partial charge in [0.05, 0.1) is 23.8 Å². The number of nitrogens with two attached hydrogens (primary N) is 1. The van der Waals surface area contributed by atoms with E-state index in [1.807, 2.05) is 13.8 Å². The molecule has 1 heterocycles. The molecule has 1 aromatic heterocycles. The molecule has 0 fully saturated rings. The van der Waals surface area contributed by atoms with Crippen LogP contribution >= 0.6 is 23.2 Å². The lowest BCUT2D eigenvalue weighted by molar-refractivity contribution is -0.117. The number of H-pyrrole nitrogens is 1. The summed E-state index contributed by atoms with van der Waals surface area (Å²) in [7, 11) is 0. The molecule has 2 rings (SSSR count). The summed E-state index contributed by atoms with van der Waals surface area (Å²) in [5.41, 5.74) is 4.56. The minimum atomic E-state index is -0.839. The van der Waals surface area contributed by atoms with Gasteiger partial charge in [-0.15, -0.1) is 0 Å². The second-order valence-corrected chi connectivity index (χ2v) is 7.82. The number of aromatic nitrogens is 2. The average molecular weight is 470 g/mol. The van der Waals surface area contributed by atoms with Gasteiger partial charge in [0.25, 0.3) is 5.56 Å². The van der Waals surface area contributed by atoms with Crippen LogP contribution in [0.2, 0.25) is 10.0 Å². The number of Topliss-reactive ketones (excluding diaryl/α,β-unsaturated/α-hetero) is 1. The molecule has 0 aliphatic rings. The Morgan fingerprint density at radius 3 is 2.48 bits per heavy atom. The molecule has 0 saturated carbocycles. The Kier molecular flexibility index (Phi) is 8.85. The molecular weight excluding hydrogens is 445 g/mol. The molecule has 0 radical (unpaired) electrons. The Morgan fingerprint density at radius 2 is 1.87 bits per heavy atom. The van der Waals surface area contributed by atoms with E-state index in [1.165, 1.54) is 6.07 Å². The Labute approximate surface area is 189 Å². The Bertz CT molecular complexity index is 1080. The number of amides is 1. The van der Waals surface area contributed by atoms with E-state index in [2.05, 4.69) is 10.3 Å². The first-order valence-corrected chi connectivity index (χ1v) is 10.6. The molecule has 1 aromatic carbocycles. The number of nitrogens with zero attached hydrogens (tertiary/aromatic N) is 2. The van der Waals surface area contributed by atoms with Crippen LogP contribution < -0.4 is 22.3 Å². The van der Waals surface area contributed by atoms with Gasteiger partial charge in [0, 0.05) is 11.6 Å². The van der Waals surface area contributed by atoms with Gasteiger partial charge in [-0.05, 0) is 37.6 Å². The third-order valence-electron chi connectivity index (χ3n) is 4.45. The van der Waals surface area contributed by atoms with Crippen LogP contribution in [0.1, 0.15) is 37.0 Å². The molecule has 0 aliphatic heterocycles. The third kappa shape index (κ3) is 6.43. The van der Waals surface area contributed by atoms with Gasteiger partial charge in [-0.1, -0.05) is 37.0 Å². The fourth-order valence-corrected chi connectivity index (χ4v) is 3.55. The zero-order valence-corrected chi connectivity index (χ0v) is 18.8. The Hall–Kier alpha value is -2.62. The first-order chi connectivity index (χ1) is 14.7. The Balaban J connectivity index is 2.18. The number of ketones is 1. The standard InChI is InChI=1S/C20H25Cl2N5O4/c1-3-7-26(11-16(29)24-14-6-5-12(21)9-13(14)22)10-15(28)17-18(23)27(8-4-2)20(31)25-19(17)30/h5-6,9H,3-4,7-8,10-11,23H2,1-2H3,(H,24,29)(H,25,30,31). The highest BCUT2D eigenvalue weighted by molar-refractivity contribution is 6.36. The molecule has 11 heteroatoms. The van der Waals surface area contributed by atoms with Crippen LogP contribution in [0, 0.1) is 0 Å². The van der Waals surface area contributed by atoms with Crippen LogP contribution in [0.5, 0.6) is 0 Å². The number of carbonyl (C=O) groups is 2. The van der Waals surface area contributed by atoms with E-state index in [4.69, 9.17) is 28.9 Å². The van der Waals surface area contributed by atoms with Crippen LogP contribution in [0.3, 0.4) is 0 Å². The number of aromatic amines is 1. The number of hydrogen-bond acceptors (Lipinski definition) is 6. The molecule has 0 saturated heterocycles. The van der Waals surface area contributed by atoms with Crippen molar-refractivity contribution < 1.29 is 9.59 Å². The van der Waals surface area contributed by atoms with E-state index in [1.54, 1.807) is 17.0 Å². The number of anilines is 2. The number of nitrogen functional groups attached to an aromatic ring is 1. The maximum absolute atomic E-state index is 12.8. The number of halogens is 2. The van der Waals surface area contributed by atoms with Crippen LogP contribution in [0.25, 0.3) is 0 Å². The highest BCUT2D eigenvalue weighted by Crippen LogP contribution is 2.25. The fraction of sp³-hybridized carbons (Fsp3) is 0.400. The van der Waals surface area contributed by atoms with Crippen molar-refractivity contribution in [2.75, 3.05) is 30.7 Å². The zero-order valence-electron chi connectivity index (χ0n) is 17.3. The van der Waals surface area contributed by atoms with E-state index in [0.29, 0.717) is 30.1 Å². The smallest absolute Gasteiger partial charge is 0.329 e. The number of nitrogens with one attached hydrogen (secondary N) is 2.